The van der Waals surface area contributed by atoms with Crippen LogP contribution in [0.2, 0.25) is 0 Å². The molecule has 1 unspecified atom stereocenters. The van der Waals surface area contributed by atoms with Crippen LogP contribution in [0.1, 0.15) is 6.92 Å². The van der Waals surface area contributed by atoms with Crippen molar-refractivity contribution in [3.8, 4) is 0 Å². The van der Waals surface area contributed by atoms with Gasteiger partial charge in [-0.1, -0.05) is 0 Å². The molecule has 0 aromatic heterocycles. The molecule has 0 N–H and O–H groups in total. The first kappa shape index (κ1) is 9.03. The van der Waals surface area contributed by atoms with E-state index >= 15 is 0 Å². The predicted molar refractivity (Wildman–Crippen MR) is 39.7 cm³/mol. The van der Waals surface area contributed by atoms with Crippen LogP contribution in [-0.4, -0.2) is 6.61 Å². The Labute approximate surface area is 70.5 Å². The lowest BCUT2D eigenvalue weighted by Gasteiger charge is -2.01. The van der Waals surface area contributed by atoms with Crippen LogP contribution in [0.5, 0.6) is 0 Å². The third-order valence-electron chi connectivity index (χ3n) is 0.882. The van der Waals surface area contributed by atoms with Crippen molar-refractivity contribution in [1.82, 2.24) is 0 Å². The Morgan fingerprint density at radius 1 is 1.58 bits per heavy atom. The van der Waals surface area contributed by atoms with Gasteiger partial charge in [0.2, 0.25) is 0 Å². The Morgan fingerprint density at radius 3 is 3.00 bits per heavy atom. The minimum Gasteiger partial charge on any atom is -0.462 e. The Morgan fingerprint density at radius 2 is 2.42 bits per heavy atom. The third-order valence-corrected chi connectivity index (χ3v) is 1.68. The van der Waals surface area contributed by atoms with E-state index < -0.39 is 8.25 Å². The van der Waals surface area contributed by atoms with Gasteiger partial charge in [0.1, 0.15) is 19.1 Å². The fourth-order valence-corrected chi connectivity index (χ4v) is 0.994. The summed E-state index contributed by atoms with van der Waals surface area (Å²) in [6.07, 6.45) is 3.78. The Kier molecular flexibility index (Phi) is 3.57. The summed E-state index contributed by atoms with van der Waals surface area (Å²) in [5.74, 6) is 0.0204. The van der Waals surface area contributed by atoms with Gasteiger partial charge in [0.05, 0.1) is 0 Å². The lowest BCUT2D eigenvalue weighted by molar-refractivity contribution is 0.128. The zero-order chi connectivity index (χ0) is 8.81. The standard InChI is InChI=1S/C6H8O5P/c1-2-10-12(7)11-6-5-8-3-4-9-6/h3-5H,2H2,1H3/q+1. The molecule has 0 aromatic rings. The van der Waals surface area contributed by atoms with Crippen LogP contribution in [0.15, 0.2) is 24.7 Å². The van der Waals surface area contributed by atoms with Crippen molar-refractivity contribution in [2.45, 2.75) is 6.92 Å². The molecular formula is C6H8O5P+. The van der Waals surface area contributed by atoms with Crippen LogP contribution in [0.4, 0.5) is 0 Å². The molecule has 1 heterocycles. The molecule has 1 aliphatic heterocycles. The van der Waals surface area contributed by atoms with Crippen molar-refractivity contribution >= 4 is 8.25 Å². The van der Waals surface area contributed by atoms with Gasteiger partial charge in [0.25, 0.3) is 0 Å². The number of rotatable bonds is 4. The second-order valence-corrected chi connectivity index (χ2v) is 2.58. The monoisotopic (exact) mass is 191 g/mol. The van der Waals surface area contributed by atoms with Gasteiger partial charge >= 0.3 is 14.2 Å². The zero-order valence-electron chi connectivity index (χ0n) is 6.43. The quantitative estimate of drug-likeness (QED) is 0.636. The Hall–Kier alpha value is -1.06. The van der Waals surface area contributed by atoms with E-state index in [9.17, 15) is 4.57 Å². The molecule has 1 aliphatic rings. The van der Waals surface area contributed by atoms with E-state index in [2.05, 4.69) is 13.8 Å². The molecule has 0 saturated heterocycles. The summed E-state index contributed by atoms with van der Waals surface area (Å²) in [4.78, 5) is 0. The molecule has 1 rings (SSSR count). The van der Waals surface area contributed by atoms with Gasteiger partial charge in [-0.2, -0.15) is 4.52 Å². The van der Waals surface area contributed by atoms with Crippen LogP contribution in [0.3, 0.4) is 0 Å². The van der Waals surface area contributed by atoms with Crippen molar-refractivity contribution in [1.29, 1.82) is 0 Å². The van der Waals surface area contributed by atoms with Crippen LogP contribution in [-0.2, 0) is 23.1 Å². The highest BCUT2D eigenvalue weighted by Gasteiger charge is 2.24. The van der Waals surface area contributed by atoms with E-state index in [1.165, 1.54) is 18.8 Å². The molecule has 12 heavy (non-hydrogen) atoms. The normalized spacial score (nSPS) is 15.8. The summed E-state index contributed by atoms with van der Waals surface area (Å²) < 4.78 is 29.6. The summed E-state index contributed by atoms with van der Waals surface area (Å²) in [6.45, 7) is 2.03. The van der Waals surface area contributed by atoms with Gasteiger partial charge < -0.3 is 9.47 Å². The van der Waals surface area contributed by atoms with Crippen molar-refractivity contribution in [2.24, 2.45) is 0 Å². The first-order valence-electron chi connectivity index (χ1n) is 3.28. The molecule has 0 radical (unpaired) electrons. The summed E-state index contributed by atoms with van der Waals surface area (Å²) in [5.41, 5.74) is 0. The first-order valence-corrected chi connectivity index (χ1v) is 4.38. The molecule has 0 aliphatic carbocycles. The van der Waals surface area contributed by atoms with E-state index in [1.807, 2.05) is 0 Å². The summed E-state index contributed by atoms with van der Waals surface area (Å²) in [7, 11) is -2.16. The lowest BCUT2D eigenvalue weighted by Crippen LogP contribution is -1.93. The highest BCUT2D eigenvalue weighted by Crippen LogP contribution is 2.28. The molecule has 0 spiro atoms. The molecule has 6 heteroatoms. The second kappa shape index (κ2) is 4.74. The van der Waals surface area contributed by atoms with Crippen molar-refractivity contribution < 1.29 is 23.1 Å². The predicted octanol–water partition coefficient (Wildman–Crippen LogP) is 2.01. The smallest absolute Gasteiger partial charge is 0.462 e. The van der Waals surface area contributed by atoms with E-state index in [-0.39, 0.29) is 5.95 Å². The highest BCUT2D eigenvalue weighted by atomic mass is 31.1. The topological polar surface area (TPSA) is 54.0 Å². The van der Waals surface area contributed by atoms with Crippen LogP contribution >= 0.6 is 8.25 Å². The van der Waals surface area contributed by atoms with Crippen molar-refractivity contribution in [3.63, 3.8) is 0 Å². The highest BCUT2D eigenvalue weighted by molar-refractivity contribution is 7.33. The average Bonchev–Trinajstić information content (AvgIpc) is 2.06. The molecule has 66 valence electrons. The Balaban J connectivity index is 2.30. The molecular weight excluding hydrogens is 183 g/mol. The van der Waals surface area contributed by atoms with Crippen LogP contribution < -0.4 is 0 Å². The van der Waals surface area contributed by atoms with E-state index in [0.29, 0.717) is 6.61 Å². The van der Waals surface area contributed by atoms with Gasteiger partial charge in [0, 0.05) is 4.57 Å². The Bertz CT molecular complexity index is 222. The molecule has 1 atom stereocenters. The molecule has 0 aromatic carbocycles. The van der Waals surface area contributed by atoms with Crippen LogP contribution in [0, 0.1) is 0 Å². The summed E-state index contributed by atoms with van der Waals surface area (Å²) >= 11 is 0. The molecule has 0 fully saturated rings. The van der Waals surface area contributed by atoms with Gasteiger partial charge in [-0.05, 0) is 6.92 Å². The molecule has 5 nitrogen and oxygen atoms in total. The maximum atomic E-state index is 10.8. The second-order valence-electron chi connectivity index (χ2n) is 1.70. The van der Waals surface area contributed by atoms with Gasteiger partial charge in [-0.3, -0.25) is 0 Å². The van der Waals surface area contributed by atoms with Gasteiger partial charge in [-0.25, -0.2) is 0 Å². The minimum absolute atomic E-state index is 0.0204. The third kappa shape index (κ3) is 2.90. The first-order chi connectivity index (χ1) is 5.83. The van der Waals surface area contributed by atoms with Crippen LogP contribution in [0.25, 0.3) is 0 Å². The van der Waals surface area contributed by atoms with Gasteiger partial charge in [0.15, 0.2) is 6.26 Å². The average molecular weight is 191 g/mol. The zero-order valence-corrected chi connectivity index (χ0v) is 7.32. The van der Waals surface area contributed by atoms with Crippen molar-refractivity contribution in [3.05, 3.63) is 24.7 Å². The lowest BCUT2D eigenvalue weighted by atomic mass is 10.9. The number of hydrogen-bond acceptors (Lipinski definition) is 5. The summed E-state index contributed by atoms with van der Waals surface area (Å²) in [6, 6.07) is 0. The van der Waals surface area contributed by atoms with E-state index in [4.69, 9.17) is 4.74 Å². The largest absolute Gasteiger partial charge is 0.753 e. The molecule has 0 bridgehead atoms. The van der Waals surface area contributed by atoms with E-state index in [1.54, 1.807) is 6.92 Å². The number of hydrogen-bond donors (Lipinski definition) is 0. The minimum atomic E-state index is -2.16. The maximum Gasteiger partial charge on any atom is 0.753 e. The summed E-state index contributed by atoms with van der Waals surface area (Å²) in [5, 5.41) is 0. The van der Waals surface area contributed by atoms with E-state index in [0.717, 1.165) is 0 Å². The number of ether oxygens (including phenoxy) is 2. The fraction of sp³-hybridized carbons (Fsp3) is 0.333. The molecule has 0 saturated carbocycles. The fourth-order valence-electron chi connectivity index (χ4n) is 0.498. The molecule has 0 amide bonds. The SMILES string of the molecule is CCO[P+](=O)OC1=COC=CO1. The van der Waals surface area contributed by atoms with Gasteiger partial charge in [-0.15, -0.1) is 4.52 Å². The maximum absolute atomic E-state index is 10.8. The van der Waals surface area contributed by atoms with Crippen molar-refractivity contribution in [2.75, 3.05) is 6.61 Å².